The average molecular weight is 438 g/mol. The smallest absolute Gasteiger partial charge is 0.270 e. The molecule has 2 aliphatic carbocycles. The van der Waals surface area contributed by atoms with Gasteiger partial charge in [-0.05, 0) is 70.0 Å². The van der Waals surface area contributed by atoms with E-state index < -0.39 is 17.1 Å². The zero-order valence-corrected chi connectivity index (χ0v) is 19.2. The first-order valence-electron chi connectivity index (χ1n) is 11.7. The number of carbonyl (C=O) groups excluding carboxylic acids is 1. The van der Waals surface area contributed by atoms with E-state index in [4.69, 9.17) is 4.74 Å². The maximum Gasteiger partial charge on any atom is 0.270 e. The van der Waals surface area contributed by atoms with Crippen molar-refractivity contribution in [3.63, 3.8) is 0 Å². The molecule has 1 fully saturated rings. The number of benzene rings is 1. The van der Waals surface area contributed by atoms with Crippen LogP contribution in [0.15, 0.2) is 12.1 Å². The van der Waals surface area contributed by atoms with Gasteiger partial charge >= 0.3 is 0 Å². The van der Waals surface area contributed by atoms with Gasteiger partial charge in [-0.1, -0.05) is 6.07 Å². The normalized spacial score (nSPS) is 31.7. The minimum atomic E-state index is -1.04. The second kappa shape index (κ2) is 6.29. The highest BCUT2D eigenvalue weighted by atomic mass is 16.5. The molecule has 0 radical (unpaired) electrons. The van der Waals surface area contributed by atoms with E-state index in [2.05, 4.69) is 16.9 Å². The second-order valence-electron chi connectivity index (χ2n) is 9.96. The van der Waals surface area contributed by atoms with Crippen LogP contribution in [0.4, 0.5) is 0 Å². The zero-order chi connectivity index (χ0) is 22.6. The van der Waals surface area contributed by atoms with E-state index in [1.807, 2.05) is 31.7 Å². The number of phenolic OH excluding ortho intramolecular Hbond substituents is 1. The molecule has 0 unspecified atom stereocenters. The number of likely N-dealkylation sites (tertiary alicyclic amines) is 1. The Kier molecular flexibility index (Phi) is 3.96. The Balaban J connectivity index is 1.60. The number of aromatic amines is 1. The Morgan fingerprint density at radius 1 is 1.34 bits per heavy atom. The SMILES string of the molecule is CCN(CC)C(=O)c1[nH]c2c(c1C)C[C@@]1(O)[C@@H]3Cc4ccc(O)c5c4[C@@]1(CCN3C)[C@H]2O5. The first-order chi connectivity index (χ1) is 15.3. The molecule has 7 heteroatoms. The highest BCUT2D eigenvalue weighted by molar-refractivity contribution is 5.94. The number of hydrogen-bond donors (Lipinski definition) is 3. The third kappa shape index (κ3) is 2.07. The molecule has 32 heavy (non-hydrogen) atoms. The summed E-state index contributed by atoms with van der Waals surface area (Å²) < 4.78 is 6.51. The summed E-state index contributed by atoms with van der Waals surface area (Å²) in [5.41, 5.74) is 3.81. The summed E-state index contributed by atoms with van der Waals surface area (Å²) in [5, 5.41) is 23.2. The fourth-order valence-electron chi connectivity index (χ4n) is 7.20. The van der Waals surface area contributed by atoms with Crippen molar-refractivity contribution in [1.29, 1.82) is 0 Å². The minimum Gasteiger partial charge on any atom is -0.504 e. The molecular formula is C25H31N3O4. The van der Waals surface area contributed by atoms with Crippen molar-refractivity contribution in [2.24, 2.45) is 0 Å². The third-order valence-corrected chi connectivity index (χ3v) is 8.87. The van der Waals surface area contributed by atoms with Gasteiger partial charge < -0.3 is 29.7 Å². The van der Waals surface area contributed by atoms with Crippen LogP contribution >= 0.6 is 0 Å². The molecule has 4 atom stereocenters. The van der Waals surface area contributed by atoms with Crippen LogP contribution in [-0.2, 0) is 18.3 Å². The van der Waals surface area contributed by atoms with E-state index in [1.165, 1.54) is 0 Å². The summed E-state index contributed by atoms with van der Waals surface area (Å²) in [5.74, 6) is 0.607. The summed E-state index contributed by atoms with van der Waals surface area (Å²) >= 11 is 0. The van der Waals surface area contributed by atoms with Gasteiger partial charge in [0.25, 0.3) is 5.91 Å². The number of rotatable bonds is 3. The first kappa shape index (κ1) is 20.1. The minimum absolute atomic E-state index is 0.0199. The molecule has 1 aromatic heterocycles. The second-order valence-corrected chi connectivity index (χ2v) is 9.96. The van der Waals surface area contributed by atoms with E-state index in [0.29, 0.717) is 31.0 Å². The van der Waals surface area contributed by atoms with E-state index in [0.717, 1.165) is 47.3 Å². The number of fused-ring (bicyclic) bond motifs is 2. The predicted molar refractivity (Wildman–Crippen MR) is 119 cm³/mol. The molecule has 1 amide bonds. The highest BCUT2D eigenvalue weighted by Crippen LogP contribution is 2.68. The fraction of sp³-hybridized carbons (Fsp3) is 0.560. The van der Waals surface area contributed by atoms with Crippen LogP contribution in [0, 0.1) is 6.92 Å². The quantitative estimate of drug-likeness (QED) is 0.686. The number of ether oxygens (including phenoxy) is 1. The van der Waals surface area contributed by atoms with Crippen molar-refractivity contribution in [3.05, 3.63) is 45.8 Å². The van der Waals surface area contributed by atoms with E-state index in [-0.39, 0.29) is 17.7 Å². The van der Waals surface area contributed by atoms with Crippen molar-refractivity contribution < 1.29 is 19.7 Å². The number of phenols is 1. The number of H-pyrrole nitrogens is 1. The first-order valence-corrected chi connectivity index (χ1v) is 11.7. The number of aromatic nitrogens is 1. The molecule has 170 valence electrons. The van der Waals surface area contributed by atoms with Gasteiger partial charge in [-0.3, -0.25) is 4.79 Å². The molecule has 6 rings (SSSR count). The van der Waals surface area contributed by atoms with Crippen LogP contribution in [0.25, 0.3) is 0 Å². The Bertz CT molecular complexity index is 1150. The van der Waals surface area contributed by atoms with E-state index in [9.17, 15) is 15.0 Å². The van der Waals surface area contributed by atoms with Crippen molar-refractivity contribution in [2.75, 3.05) is 26.7 Å². The molecule has 2 aliphatic heterocycles. The molecule has 7 nitrogen and oxygen atoms in total. The molecule has 3 heterocycles. The molecule has 1 aromatic carbocycles. The van der Waals surface area contributed by atoms with Crippen LogP contribution < -0.4 is 4.74 Å². The number of aliphatic hydroxyl groups is 1. The molecule has 4 aliphatic rings. The van der Waals surface area contributed by atoms with Crippen LogP contribution in [-0.4, -0.2) is 69.2 Å². The Morgan fingerprint density at radius 2 is 2.09 bits per heavy atom. The van der Waals surface area contributed by atoms with Crippen molar-refractivity contribution in [3.8, 4) is 11.5 Å². The van der Waals surface area contributed by atoms with Gasteiger partial charge in [0.05, 0.1) is 16.7 Å². The number of aromatic hydroxyl groups is 1. The molecular weight excluding hydrogens is 406 g/mol. The summed E-state index contributed by atoms with van der Waals surface area (Å²) in [6, 6.07) is 3.64. The van der Waals surface area contributed by atoms with Gasteiger partial charge in [0, 0.05) is 31.1 Å². The van der Waals surface area contributed by atoms with Crippen LogP contribution in [0.1, 0.15) is 64.8 Å². The summed E-state index contributed by atoms with van der Waals surface area (Å²) in [6.45, 7) is 8.07. The predicted octanol–water partition coefficient (Wildman–Crippen LogP) is 2.43. The number of likely N-dealkylation sites (N-methyl/N-ethyl adjacent to an activating group) is 1. The topological polar surface area (TPSA) is 89.0 Å². The van der Waals surface area contributed by atoms with Crippen LogP contribution in [0.3, 0.4) is 0 Å². The molecule has 1 saturated heterocycles. The summed E-state index contributed by atoms with van der Waals surface area (Å²) in [7, 11) is 2.08. The Labute approximate surface area is 188 Å². The Morgan fingerprint density at radius 3 is 2.81 bits per heavy atom. The highest BCUT2D eigenvalue weighted by Gasteiger charge is 2.72. The van der Waals surface area contributed by atoms with Crippen LogP contribution in [0.2, 0.25) is 0 Å². The van der Waals surface area contributed by atoms with E-state index >= 15 is 0 Å². The fourth-order valence-corrected chi connectivity index (χ4v) is 7.20. The zero-order valence-electron chi connectivity index (χ0n) is 19.2. The number of hydrogen-bond acceptors (Lipinski definition) is 5. The molecule has 1 spiro atoms. The van der Waals surface area contributed by atoms with Crippen LogP contribution in [0.5, 0.6) is 11.5 Å². The Hall–Kier alpha value is -2.51. The maximum atomic E-state index is 13.3. The van der Waals surface area contributed by atoms with Gasteiger partial charge in [-0.25, -0.2) is 0 Å². The number of amides is 1. The van der Waals surface area contributed by atoms with E-state index in [1.54, 1.807) is 6.07 Å². The molecule has 0 saturated carbocycles. The number of carbonyl (C=O) groups is 1. The third-order valence-electron chi connectivity index (χ3n) is 8.87. The molecule has 2 aromatic rings. The van der Waals surface area contributed by atoms with Gasteiger partial charge in [-0.2, -0.15) is 0 Å². The monoisotopic (exact) mass is 437 g/mol. The summed E-state index contributed by atoms with van der Waals surface area (Å²) in [4.78, 5) is 20.8. The molecule has 2 bridgehead atoms. The molecule has 3 N–H and O–H groups in total. The van der Waals surface area contributed by atoms with Crippen molar-refractivity contribution in [1.82, 2.24) is 14.8 Å². The number of nitrogens with one attached hydrogen (secondary N) is 1. The van der Waals surface area contributed by atoms with Gasteiger partial charge in [0.15, 0.2) is 17.6 Å². The average Bonchev–Trinajstić information content (AvgIpc) is 3.28. The maximum absolute atomic E-state index is 13.3. The summed E-state index contributed by atoms with van der Waals surface area (Å²) in [6.07, 6.45) is 1.48. The van der Waals surface area contributed by atoms with Crippen molar-refractivity contribution >= 4 is 5.91 Å². The lowest BCUT2D eigenvalue weighted by Gasteiger charge is -2.62. The largest absolute Gasteiger partial charge is 0.504 e. The lowest BCUT2D eigenvalue weighted by atomic mass is 9.49. The van der Waals surface area contributed by atoms with Crippen molar-refractivity contribution in [2.45, 2.75) is 63.2 Å². The standard InChI is InChI=1S/C25H31N3O4/c1-5-28(6-2)23(30)19-13(3)15-12-25(31)17-11-14-7-8-16(29)21-18(14)24(25,9-10-27(17)4)22(32-21)20(15)26-19/h7-8,17,22,26,29,31H,5-6,9-12H2,1-4H3/t17-,22-,24-,25+/m0/s1. The van der Waals surface area contributed by atoms with Gasteiger partial charge in [0.1, 0.15) is 5.69 Å². The lowest BCUT2D eigenvalue weighted by molar-refractivity contribution is -0.167. The van der Waals surface area contributed by atoms with Gasteiger partial charge in [0.2, 0.25) is 0 Å². The van der Waals surface area contributed by atoms with Gasteiger partial charge in [-0.15, -0.1) is 0 Å². The number of nitrogens with zero attached hydrogens (tertiary/aromatic N) is 2. The number of piperidine rings is 1. The lowest BCUT2D eigenvalue weighted by Crippen LogP contribution is -2.73.